The summed E-state index contributed by atoms with van der Waals surface area (Å²) in [4.78, 5) is 28.8. The predicted molar refractivity (Wildman–Crippen MR) is 118 cm³/mol. The van der Waals surface area contributed by atoms with Crippen molar-refractivity contribution in [3.63, 3.8) is 0 Å². The van der Waals surface area contributed by atoms with Gasteiger partial charge in [-0.25, -0.2) is 4.79 Å². The van der Waals surface area contributed by atoms with Gasteiger partial charge in [-0.05, 0) is 55.1 Å². The number of nitrogens with zero attached hydrogens (tertiary/aromatic N) is 1. The van der Waals surface area contributed by atoms with E-state index in [1.807, 2.05) is 12.1 Å². The smallest absolute Gasteiger partial charge is 0.329 e. The van der Waals surface area contributed by atoms with Gasteiger partial charge in [-0.1, -0.05) is 45.0 Å². The SMILES string of the molecule is CCOC(=O)[C@@H]1[C@@H](C(C)(C)C)[C@H](N)[C@H](c2ccccc2C2CC2)N1C(=O)[C@@H]1CCCO1. The number of hydrogen-bond acceptors (Lipinski definition) is 5. The van der Waals surface area contributed by atoms with Crippen LogP contribution in [-0.2, 0) is 19.1 Å². The lowest BCUT2D eigenvalue weighted by Crippen LogP contribution is -2.50. The molecule has 6 nitrogen and oxygen atoms in total. The van der Waals surface area contributed by atoms with Gasteiger partial charge < -0.3 is 20.1 Å². The summed E-state index contributed by atoms with van der Waals surface area (Å²) in [5, 5.41) is 0. The van der Waals surface area contributed by atoms with Gasteiger partial charge in [-0.15, -0.1) is 0 Å². The number of hydrogen-bond donors (Lipinski definition) is 1. The number of ether oxygens (including phenoxy) is 2. The molecule has 2 N–H and O–H groups in total. The highest BCUT2D eigenvalue weighted by molar-refractivity contribution is 5.89. The van der Waals surface area contributed by atoms with Crippen LogP contribution < -0.4 is 5.73 Å². The van der Waals surface area contributed by atoms with Crippen molar-refractivity contribution in [3.05, 3.63) is 35.4 Å². The molecule has 31 heavy (non-hydrogen) atoms. The Hall–Kier alpha value is -1.92. The van der Waals surface area contributed by atoms with Crippen molar-refractivity contribution in [2.24, 2.45) is 17.1 Å². The molecule has 2 saturated heterocycles. The molecule has 5 atom stereocenters. The van der Waals surface area contributed by atoms with Crippen LogP contribution in [0.15, 0.2) is 24.3 Å². The highest BCUT2D eigenvalue weighted by Crippen LogP contribution is 2.51. The summed E-state index contributed by atoms with van der Waals surface area (Å²) in [6.45, 7) is 8.92. The largest absolute Gasteiger partial charge is 0.464 e. The third kappa shape index (κ3) is 4.12. The number of benzene rings is 1. The third-order valence-electron chi connectivity index (χ3n) is 7.04. The van der Waals surface area contributed by atoms with Crippen molar-refractivity contribution in [1.29, 1.82) is 0 Å². The lowest BCUT2D eigenvalue weighted by Gasteiger charge is -2.35. The van der Waals surface area contributed by atoms with Crippen LogP contribution in [0.2, 0.25) is 0 Å². The Labute approximate surface area is 185 Å². The topological polar surface area (TPSA) is 81.9 Å². The summed E-state index contributed by atoms with van der Waals surface area (Å²) >= 11 is 0. The van der Waals surface area contributed by atoms with Crippen LogP contribution in [0.1, 0.15) is 76.5 Å². The van der Waals surface area contributed by atoms with E-state index in [0.29, 0.717) is 18.9 Å². The number of carbonyl (C=O) groups excluding carboxylic acids is 2. The molecule has 0 radical (unpaired) electrons. The van der Waals surface area contributed by atoms with Crippen molar-refractivity contribution in [2.45, 2.75) is 83.5 Å². The standard InChI is InChI=1S/C25H36N2O4/c1-5-30-24(29)22-19(25(2,3)4)20(26)21(27(22)23(28)18-11-8-14-31-18)17-10-7-6-9-16(17)15-12-13-15/h6-7,9-10,15,18-22H,5,8,11-14,26H2,1-4H3/t18-,19-,20-,21-,22-/m0/s1. The molecule has 3 fully saturated rings. The van der Waals surface area contributed by atoms with Crippen LogP contribution in [0, 0.1) is 11.3 Å². The van der Waals surface area contributed by atoms with Gasteiger partial charge in [-0.3, -0.25) is 4.79 Å². The van der Waals surface area contributed by atoms with Gasteiger partial charge >= 0.3 is 5.97 Å². The van der Waals surface area contributed by atoms with E-state index in [-0.39, 0.29) is 41.9 Å². The first-order valence-electron chi connectivity index (χ1n) is 11.7. The Morgan fingerprint density at radius 2 is 1.84 bits per heavy atom. The molecule has 1 saturated carbocycles. The van der Waals surface area contributed by atoms with Gasteiger partial charge in [0.1, 0.15) is 12.1 Å². The molecule has 3 aliphatic rings. The monoisotopic (exact) mass is 428 g/mol. The fourth-order valence-electron chi connectivity index (χ4n) is 5.59. The molecule has 6 heteroatoms. The normalized spacial score (nSPS) is 31.1. The number of rotatable bonds is 5. The van der Waals surface area contributed by atoms with Gasteiger partial charge in [0.25, 0.3) is 5.91 Å². The van der Waals surface area contributed by atoms with E-state index in [9.17, 15) is 9.59 Å². The van der Waals surface area contributed by atoms with E-state index in [1.54, 1.807) is 11.8 Å². The molecule has 1 aromatic carbocycles. The zero-order valence-corrected chi connectivity index (χ0v) is 19.2. The van der Waals surface area contributed by atoms with Crippen LogP contribution in [0.5, 0.6) is 0 Å². The Kier molecular flexibility index (Phi) is 6.14. The number of esters is 1. The maximum Gasteiger partial charge on any atom is 0.329 e. The van der Waals surface area contributed by atoms with Crippen LogP contribution in [-0.4, -0.2) is 48.2 Å². The molecule has 1 aliphatic carbocycles. The summed E-state index contributed by atoms with van der Waals surface area (Å²) in [5.74, 6) is -0.212. The number of carbonyl (C=O) groups is 2. The maximum absolute atomic E-state index is 13.8. The van der Waals surface area contributed by atoms with Gasteiger partial charge in [0, 0.05) is 18.6 Å². The molecule has 0 bridgehead atoms. The lowest BCUT2D eigenvalue weighted by molar-refractivity contribution is -0.160. The lowest BCUT2D eigenvalue weighted by atomic mass is 9.72. The Morgan fingerprint density at radius 3 is 2.39 bits per heavy atom. The van der Waals surface area contributed by atoms with Crippen molar-refractivity contribution >= 4 is 11.9 Å². The quantitative estimate of drug-likeness (QED) is 0.726. The van der Waals surface area contributed by atoms with Crippen LogP contribution in [0.3, 0.4) is 0 Å². The van der Waals surface area contributed by atoms with Gasteiger partial charge in [0.05, 0.1) is 12.6 Å². The fraction of sp³-hybridized carbons (Fsp3) is 0.680. The molecule has 4 rings (SSSR count). The van der Waals surface area contributed by atoms with E-state index < -0.39 is 12.1 Å². The zero-order valence-electron chi connectivity index (χ0n) is 19.2. The number of likely N-dealkylation sites (tertiary alicyclic amines) is 1. The first-order valence-corrected chi connectivity index (χ1v) is 11.7. The average Bonchev–Trinajstić information content (AvgIpc) is 3.31. The number of amides is 1. The Bertz CT molecular complexity index is 823. The molecular weight excluding hydrogens is 392 g/mol. The van der Waals surface area contributed by atoms with E-state index in [1.165, 1.54) is 5.56 Å². The van der Waals surface area contributed by atoms with Crippen molar-refractivity contribution in [1.82, 2.24) is 4.90 Å². The Morgan fingerprint density at radius 1 is 1.16 bits per heavy atom. The van der Waals surface area contributed by atoms with Crippen LogP contribution >= 0.6 is 0 Å². The van der Waals surface area contributed by atoms with Gasteiger partial charge in [0.15, 0.2) is 0 Å². The fourth-order valence-corrected chi connectivity index (χ4v) is 5.59. The van der Waals surface area contributed by atoms with Gasteiger partial charge in [0.2, 0.25) is 0 Å². The van der Waals surface area contributed by atoms with Crippen LogP contribution in [0.4, 0.5) is 0 Å². The summed E-state index contributed by atoms with van der Waals surface area (Å²) in [6.07, 6.45) is 3.33. The molecule has 1 aromatic rings. The maximum atomic E-state index is 13.8. The molecule has 2 heterocycles. The highest BCUT2D eigenvalue weighted by atomic mass is 16.5. The number of nitrogens with two attached hydrogens (primary N) is 1. The Balaban J connectivity index is 1.84. The molecule has 0 unspecified atom stereocenters. The molecule has 170 valence electrons. The van der Waals surface area contributed by atoms with E-state index in [4.69, 9.17) is 15.2 Å². The highest BCUT2D eigenvalue weighted by Gasteiger charge is 2.58. The second-order valence-electron chi connectivity index (χ2n) is 10.3. The minimum absolute atomic E-state index is 0.131. The summed E-state index contributed by atoms with van der Waals surface area (Å²) < 4.78 is 11.2. The summed E-state index contributed by atoms with van der Waals surface area (Å²) in [5.41, 5.74) is 8.99. The van der Waals surface area contributed by atoms with E-state index in [2.05, 4.69) is 32.9 Å². The molecule has 2 aliphatic heterocycles. The summed E-state index contributed by atoms with van der Waals surface area (Å²) in [6, 6.07) is 6.83. The van der Waals surface area contributed by atoms with Gasteiger partial charge in [-0.2, -0.15) is 0 Å². The predicted octanol–water partition coefficient (Wildman–Crippen LogP) is 3.55. The van der Waals surface area contributed by atoms with E-state index >= 15 is 0 Å². The first-order chi connectivity index (χ1) is 14.8. The van der Waals surface area contributed by atoms with Crippen molar-refractivity contribution in [2.75, 3.05) is 13.2 Å². The molecular formula is C25H36N2O4. The molecule has 0 spiro atoms. The third-order valence-corrected chi connectivity index (χ3v) is 7.04. The molecule has 0 aromatic heterocycles. The minimum Gasteiger partial charge on any atom is -0.464 e. The second kappa shape index (κ2) is 8.55. The zero-order chi connectivity index (χ0) is 22.3. The van der Waals surface area contributed by atoms with E-state index in [0.717, 1.165) is 24.8 Å². The average molecular weight is 429 g/mol. The second-order valence-corrected chi connectivity index (χ2v) is 10.3. The summed E-state index contributed by atoms with van der Waals surface area (Å²) in [7, 11) is 0. The first kappa shape index (κ1) is 22.3. The molecule has 1 amide bonds. The van der Waals surface area contributed by atoms with Crippen molar-refractivity contribution < 1.29 is 19.1 Å². The minimum atomic E-state index is -0.719. The van der Waals surface area contributed by atoms with Crippen molar-refractivity contribution in [3.8, 4) is 0 Å². The van der Waals surface area contributed by atoms with Crippen LogP contribution in [0.25, 0.3) is 0 Å².